The second kappa shape index (κ2) is 5.18. The summed E-state index contributed by atoms with van der Waals surface area (Å²) in [6, 6.07) is 19.3. The summed E-state index contributed by atoms with van der Waals surface area (Å²) in [6.07, 6.45) is -0.0230. The van der Waals surface area contributed by atoms with Crippen LogP contribution in [0.4, 0.5) is 0 Å². The van der Waals surface area contributed by atoms with Crippen LogP contribution in [0, 0.1) is 11.3 Å². The van der Waals surface area contributed by atoms with Gasteiger partial charge >= 0.3 is 0 Å². The summed E-state index contributed by atoms with van der Waals surface area (Å²) in [5.74, 6) is 0.723. The van der Waals surface area contributed by atoms with Gasteiger partial charge in [-0.2, -0.15) is 5.26 Å². The first-order valence-electron chi connectivity index (χ1n) is 5.51. The van der Waals surface area contributed by atoms with E-state index in [0.29, 0.717) is 5.56 Å². The minimum atomic E-state index is -0.0230. The molecule has 17 heavy (non-hydrogen) atoms. The molecule has 0 fully saturated rings. The standard InChI is InChI=1S/C15H13NO/c1-12(14-7-3-2-4-8-14)17-15-9-5-6-13(10-15)11-16/h2-10,12H,1H3/t12-/m1/s1. The number of ether oxygens (including phenoxy) is 1. The molecule has 84 valence electrons. The molecule has 0 heterocycles. The van der Waals surface area contributed by atoms with Crippen molar-refractivity contribution in [2.75, 3.05) is 0 Å². The van der Waals surface area contributed by atoms with Crippen molar-refractivity contribution in [2.24, 2.45) is 0 Å². The number of nitriles is 1. The van der Waals surface area contributed by atoms with Crippen LogP contribution < -0.4 is 4.74 Å². The molecule has 2 nitrogen and oxygen atoms in total. The molecular formula is C15H13NO. The molecule has 0 N–H and O–H groups in total. The molecule has 0 aliphatic heterocycles. The maximum atomic E-state index is 8.81. The highest BCUT2D eigenvalue weighted by Crippen LogP contribution is 2.21. The largest absolute Gasteiger partial charge is 0.486 e. The average molecular weight is 223 g/mol. The van der Waals surface area contributed by atoms with E-state index in [-0.39, 0.29) is 6.10 Å². The van der Waals surface area contributed by atoms with Crippen LogP contribution in [0.15, 0.2) is 54.6 Å². The summed E-state index contributed by atoms with van der Waals surface area (Å²) in [7, 11) is 0. The number of hydrogen-bond donors (Lipinski definition) is 0. The minimum Gasteiger partial charge on any atom is -0.486 e. The van der Waals surface area contributed by atoms with Gasteiger partial charge in [0.25, 0.3) is 0 Å². The van der Waals surface area contributed by atoms with E-state index in [1.807, 2.05) is 49.4 Å². The Morgan fingerprint density at radius 2 is 1.82 bits per heavy atom. The Kier molecular flexibility index (Phi) is 3.42. The van der Waals surface area contributed by atoms with Crippen LogP contribution in [-0.2, 0) is 0 Å². The summed E-state index contributed by atoms with van der Waals surface area (Å²) in [6.45, 7) is 1.99. The van der Waals surface area contributed by atoms with Gasteiger partial charge in [-0.25, -0.2) is 0 Å². The van der Waals surface area contributed by atoms with Gasteiger partial charge < -0.3 is 4.74 Å². The Balaban J connectivity index is 2.13. The van der Waals surface area contributed by atoms with Crippen molar-refractivity contribution in [1.82, 2.24) is 0 Å². The SMILES string of the molecule is C[C@@H](Oc1cccc(C#N)c1)c1ccccc1. The molecule has 0 radical (unpaired) electrons. The Morgan fingerprint density at radius 1 is 1.06 bits per heavy atom. The van der Waals surface area contributed by atoms with Gasteiger partial charge in [-0.1, -0.05) is 36.4 Å². The minimum absolute atomic E-state index is 0.0230. The van der Waals surface area contributed by atoms with Crippen molar-refractivity contribution in [3.8, 4) is 11.8 Å². The zero-order chi connectivity index (χ0) is 12.1. The zero-order valence-corrected chi connectivity index (χ0v) is 9.63. The summed E-state index contributed by atoms with van der Waals surface area (Å²) in [5, 5.41) is 8.81. The fourth-order valence-corrected chi connectivity index (χ4v) is 1.64. The Hall–Kier alpha value is -2.27. The molecule has 0 aliphatic rings. The molecule has 0 unspecified atom stereocenters. The van der Waals surface area contributed by atoms with Crippen LogP contribution in [0.2, 0.25) is 0 Å². The van der Waals surface area contributed by atoms with Gasteiger partial charge in [-0.05, 0) is 30.7 Å². The van der Waals surface area contributed by atoms with Gasteiger partial charge in [-0.15, -0.1) is 0 Å². The van der Waals surface area contributed by atoms with Gasteiger partial charge in [0, 0.05) is 0 Å². The molecule has 2 rings (SSSR count). The molecule has 0 aromatic heterocycles. The smallest absolute Gasteiger partial charge is 0.121 e. The van der Waals surface area contributed by atoms with E-state index < -0.39 is 0 Å². The number of rotatable bonds is 3. The van der Waals surface area contributed by atoms with Crippen molar-refractivity contribution < 1.29 is 4.74 Å². The molecule has 0 saturated heterocycles. The van der Waals surface area contributed by atoms with Gasteiger partial charge in [-0.3, -0.25) is 0 Å². The third-order valence-electron chi connectivity index (χ3n) is 2.54. The van der Waals surface area contributed by atoms with Crippen LogP contribution in [0.3, 0.4) is 0 Å². The maximum absolute atomic E-state index is 8.81. The molecule has 2 aromatic rings. The van der Waals surface area contributed by atoms with Gasteiger partial charge in [0.05, 0.1) is 11.6 Å². The van der Waals surface area contributed by atoms with Gasteiger partial charge in [0.15, 0.2) is 0 Å². The molecule has 0 aliphatic carbocycles. The van der Waals surface area contributed by atoms with E-state index in [9.17, 15) is 0 Å². The lowest BCUT2D eigenvalue weighted by molar-refractivity contribution is 0.227. The first-order chi connectivity index (χ1) is 8.29. The third kappa shape index (κ3) is 2.85. The summed E-state index contributed by atoms with van der Waals surface area (Å²) >= 11 is 0. The molecule has 0 saturated carbocycles. The van der Waals surface area contributed by atoms with Crippen LogP contribution in [0.1, 0.15) is 24.2 Å². The third-order valence-corrected chi connectivity index (χ3v) is 2.54. The predicted octanol–water partition coefficient (Wildman–Crippen LogP) is 3.70. The van der Waals surface area contributed by atoms with E-state index >= 15 is 0 Å². The Labute approximate surface area is 101 Å². The van der Waals surface area contributed by atoms with Crippen LogP contribution in [0.25, 0.3) is 0 Å². The highest BCUT2D eigenvalue weighted by Gasteiger charge is 2.06. The van der Waals surface area contributed by atoms with Crippen LogP contribution in [0.5, 0.6) is 5.75 Å². The highest BCUT2D eigenvalue weighted by atomic mass is 16.5. The van der Waals surface area contributed by atoms with Crippen molar-refractivity contribution in [1.29, 1.82) is 5.26 Å². The molecule has 2 heteroatoms. The summed E-state index contributed by atoms with van der Waals surface area (Å²) in [4.78, 5) is 0. The maximum Gasteiger partial charge on any atom is 0.121 e. The molecule has 0 spiro atoms. The second-order valence-corrected chi connectivity index (χ2v) is 3.81. The summed E-state index contributed by atoms with van der Waals surface area (Å²) < 4.78 is 5.79. The lowest BCUT2D eigenvalue weighted by Crippen LogP contribution is -2.02. The lowest BCUT2D eigenvalue weighted by atomic mass is 10.1. The van der Waals surface area contributed by atoms with E-state index in [0.717, 1.165) is 11.3 Å². The van der Waals surface area contributed by atoms with Crippen molar-refractivity contribution in [2.45, 2.75) is 13.0 Å². The molecule has 0 bridgehead atoms. The van der Waals surface area contributed by atoms with Crippen LogP contribution >= 0.6 is 0 Å². The predicted molar refractivity (Wildman–Crippen MR) is 66.6 cm³/mol. The quantitative estimate of drug-likeness (QED) is 0.794. The van der Waals surface area contributed by atoms with E-state index in [1.165, 1.54) is 0 Å². The van der Waals surface area contributed by atoms with Crippen LogP contribution in [-0.4, -0.2) is 0 Å². The average Bonchev–Trinajstić information content (AvgIpc) is 2.40. The number of benzene rings is 2. The molecule has 1 atom stereocenters. The molecule has 2 aromatic carbocycles. The van der Waals surface area contributed by atoms with E-state index in [4.69, 9.17) is 10.00 Å². The number of nitrogens with zero attached hydrogens (tertiary/aromatic N) is 1. The molecular weight excluding hydrogens is 210 g/mol. The monoisotopic (exact) mass is 223 g/mol. The van der Waals surface area contributed by atoms with E-state index in [1.54, 1.807) is 12.1 Å². The topological polar surface area (TPSA) is 33.0 Å². The molecule has 0 amide bonds. The van der Waals surface area contributed by atoms with E-state index in [2.05, 4.69) is 6.07 Å². The first-order valence-corrected chi connectivity index (χ1v) is 5.51. The van der Waals surface area contributed by atoms with Crippen molar-refractivity contribution in [3.05, 3.63) is 65.7 Å². The fraction of sp³-hybridized carbons (Fsp3) is 0.133. The normalized spacial score (nSPS) is 11.5. The van der Waals surface area contributed by atoms with Gasteiger partial charge in [0.1, 0.15) is 11.9 Å². The van der Waals surface area contributed by atoms with Crippen molar-refractivity contribution in [3.63, 3.8) is 0 Å². The highest BCUT2D eigenvalue weighted by molar-refractivity contribution is 5.36. The van der Waals surface area contributed by atoms with Gasteiger partial charge in [0.2, 0.25) is 0 Å². The Morgan fingerprint density at radius 3 is 2.53 bits per heavy atom. The second-order valence-electron chi connectivity index (χ2n) is 3.81. The number of hydrogen-bond acceptors (Lipinski definition) is 2. The van der Waals surface area contributed by atoms with Crippen molar-refractivity contribution >= 4 is 0 Å². The summed E-state index contributed by atoms with van der Waals surface area (Å²) in [5.41, 5.74) is 1.73. The fourth-order valence-electron chi connectivity index (χ4n) is 1.64. The lowest BCUT2D eigenvalue weighted by Gasteiger charge is -2.14. The Bertz CT molecular complexity index is 528. The zero-order valence-electron chi connectivity index (χ0n) is 9.63. The first kappa shape index (κ1) is 11.2.